The quantitative estimate of drug-likeness (QED) is 0.820. The van der Waals surface area contributed by atoms with Gasteiger partial charge in [0.05, 0.1) is 11.4 Å². The molecule has 3 rings (SSSR count). The molecule has 0 aromatic heterocycles. The number of amides is 1. The third kappa shape index (κ3) is 4.15. The summed E-state index contributed by atoms with van der Waals surface area (Å²) in [4.78, 5) is 13.3. The summed E-state index contributed by atoms with van der Waals surface area (Å²) in [5.41, 5.74) is 7.64. The van der Waals surface area contributed by atoms with Crippen LogP contribution in [0.1, 0.15) is 36.8 Å². The lowest BCUT2D eigenvalue weighted by Crippen LogP contribution is -2.46. The van der Waals surface area contributed by atoms with Gasteiger partial charge in [0.2, 0.25) is 15.9 Å². The summed E-state index contributed by atoms with van der Waals surface area (Å²) < 4.78 is 28.1. The van der Waals surface area contributed by atoms with Gasteiger partial charge in [-0.2, -0.15) is 0 Å². The zero-order valence-corrected chi connectivity index (χ0v) is 14.6. The van der Waals surface area contributed by atoms with Gasteiger partial charge in [-0.05, 0) is 61.8 Å². The Morgan fingerprint density at radius 3 is 2.50 bits per heavy atom. The van der Waals surface area contributed by atoms with Crippen molar-refractivity contribution in [3.8, 4) is 0 Å². The number of rotatable bonds is 5. The number of carbonyl (C=O) groups excluding carboxylic acids is 1. The molecule has 2 aliphatic rings. The van der Waals surface area contributed by atoms with Crippen LogP contribution in [0.4, 0.5) is 0 Å². The van der Waals surface area contributed by atoms with Crippen LogP contribution in [0.15, 0.2) is 23.1 Å². The minimum Gasteiger partial charge on any atom is -0.369 e. The van der Waals surface area contributed by atoms with Crippen molar-refractivity contribution < 1.29 is 13.2 Å². The van der Waals surface area contributed by atoms with Gasteiger partial charge in [-0.25, -0.2) is 13.1 Å². The number of piperidine rings is 1. The lowest BCUT2D eigenvalue weighted by molar-refractivity contribution is -0.119. The van der Waals surface area contributed by atoms with E-state index in [1.54, 1.807) is 6.07 Å². The molecule has 1 heterocycles. The number of nitrogens with two attached hydrogens (primary N) is 1. The Kier molecular flexibility index (Phi) is 5.22. The Morgan fingerprint density at radius 2 is 1.83 bits per heavy atom. The summed E-state index contributed by atoms with van der Waals surface area (Å²) in [6.45, 7) is 1.60. The second-order valence-corrected chi connectivity index (χ2v) is 8.49. The van der Waals surface area contributed by atoms with Crippen molar-refractivity contribution in [2.75, 3.05) is 19.6 Å². The minimum atomic E-state index is -3.49. The fraction of sp³-hybridized carbons (Fsp3) is 0.588. The molecule has 0 radical (unpaired) electrons. The first-order valence-electron chi connectivity index (χ1n) is 8.59. The second-order valence-electron chi connectivity index (χ2n) is 6.78. The zero-order chi connectivity index (χ0) is 17.2. The molecule has 132 valence electrons. The standard InChI is InChI=1S/C17H25N3O3S/c18-17(21)12-20-9-7-15(8-10-20)19-24(22,23)16-6-5-13-3-1-2-4-14(13)11-16/h5-6,11,15,19H,1-4,7-10,12H2,(H2,18,21). The van der Waals surface area contributed by atoms with E-state index in [-0.39, 0.29) is 18.5 Å². The molecule has 0 atom stereocenters. The maximum Gasteiger partial charge on any atom is 0.240 e. The predicted octanol–water partition coefficient (Wildman–Crippen LogP) is 0.793. The highest BCUT2D eigenvalue weighted by Crippen LogP contribution is 2.24. The molecule has 1 fully saturated rings. The maximum absolute atomic E-state index is 12.6. The average Bonchev–Trinajstić information content (AvgIpc) is 2.55. The predicted molar refractivity (Wildman–Crippen MR) is 92.1 cm³/mol. The van der Waals surface area contributed by atoms with Crippen molar-refractivity contribution in [2.24, 2.45) is 5.73 Å². The summed E-state index contributed by atoms with van der Waals surface area (Å²) >= 11 is 0. The van der Waals surface area contributed by atoms with E-state index in [1.807, 2.05) is 17.0 Å². The van der Waals surface area contributed by atoms with Gasteiger partial charge in [0.25, 0.3) is 0 Å². The highest BCUT2D eigenvalue weighted by atomic mass is 32.2. The summed E-state index contributed by atoms with van der Waals surface area (Å²) in [5.74, 6) is -0.344. The van der Waals surface area contributed by atoms with Crippen LogP contribution in [-0.2, 0) is 27.7 Å². The zero-order valence-electron chi connectivity index (χ0n) is 13.8. The van der Waals surface area contributed by atoms with Crippen LogP contribution in [0.2, 0.25) is 0 Å². The van der Waals surface area contributed by atoms with Crippen LogP contribution in [0.3, 0.4) is 0 Å². The summed E-state index contributed by atoms with van der Waals surface area (Å²) in [6, 6.07) is 5.42. The SMILES string of the molecule is NC(=O)CN1CCC(NS(=O)(=O)c2ccc3c(c2)CCCC3)CC1. The number of primary amides is 1. The van der Waals surface area contributed by atoms with Gasteiger partial charge >= 0.3 is 0 Å². The molecular weight excluding hydrogens is 326 g/mol. The molecule has 3 N–H and O–H groups in total. The Morgan fingerprint density at radius 1 is 1.17 bits per heavy atom. The normalized spacial score (nSPS) is 19.8. The van der Waals surface area contributed by atoms with Crippen LogP contribution in [0, 0.1) is 0 Å². The largest absolute Gasteiger partial charge is 0.369 e. The van der Waals surface area contributed by atoms with E-state index in [4.69, 9.17) is 5.73 Å². The molecule has 7 heteroatoms. The number of likely N-dealkylation sites (tertiary alicyclic amines) is 1. The molecule has 1 aromatic rings. The Balaban J connectivity index is 1.63. The molecule has 24 heavy (non-hydrogen) atoms. The van der Waals surface area contributed by atoms with Gasteiger partial charge in [0.15, 0.2) is 0 Å². The van der Waals surface area contributed by atoms with Crippen LogP contribution in [0.25, 0.3) is 0 Å². The number of benzene rings is 1. The summed E-state index contributed by atoms with van der Waals surface area (Å²) in [5, 5.41) is 0. The first-order chi connectivity index (χ1) is 11.4. The van der Waals surface area contributed by atoms with Crippen LogP contribution in [0.5, 0.6) is 0 Å². The van der Waals surface area contributed by atoms with Gasteiger partial charge in [0.1, 0.15) is 0 Å². The molecule has 1 aromatic carbocycles. The topological polar surface area (TPSA) is 92.5 Å². The van der Waals surface area contributed by atoms with Crippen molar-refractivity contribution in [3.05, 3.63) is 29.3 Å². The van der Waals surface area contributed by atoms with Gasteiger partial charge < -0.3 is 5.73 Å². The number of nitrogens with one attached hydrogen (secondary N) is 1. The minimum absolute atomic E-state index is 0.0878. The number of sulfonamides is 1. The van der Waals surface area contributed by atoms with E-state index in [9.17, 15) is 13.2 Å². The molecule has 1 aliphatic carbocycles. The van der Waals surface area contributed by atoms with Crippen molar-refractivity contribution >= 4 is 15.9 Å². The van der Waals surface area contributed by atoms with Crippen molar-refractivity contribution in [2.45, 2.75) is 49.5 Å². The number of hydrogen-bond acceptors (Lipinski definition) is 4. The molecule has 6 nitrogen and oxygen atoms in total. The smallest absolute Gasteiger partial charge is 0.240 e. The molecule has 1 aliphatic heterocycles. The van der Waals surface area contributed by atoms with Gasteiger partial charge in [-0.1, -0.05) is 6.07 Å². The first kappa shape index (κ1) is 17.4. The third-order valence-corrected chi connectivity index (χ3v) is 6.44. The number of nitrogens with zero attached hydrogens (tertiary/aromatic N) is 1. The highest BCUT2D eigenvalue weighted by Gasteiger charge is 2.25. The van der Waals surface area contributed by atoms with E-state index >= 15 is 0 Å². The first-order valence-corrected chi connectivity index (χ1v) is 10.1. The number of hydrogen-bond donors (Lipinski definition) is 2. The van der Waals surface area contributed by atoms with Crippen LogP contribution < -0.4 is 10.5 Å². The molecule has 0 saturated carbocycles. The molecule has 0 unspecified atom stereocenters. The molecule has 1 saturated heterocycles. The van der Waals surface area contributed by atoms with E-state index < -0.39 is 10.0 Å². The number of aryl methyl sites for hydroxylation is 2. The van der Waals surface area contributed by atoms with Gasteiger partial charge in [-0.3, -0.25) is 9.69 Å². The van der Waals surface area contributed by atoms with E-state index in [0.29, 0.717) is 30.8 Å². The van der Waals surface area contributed by atoms with Crippen LogP contribution in [-0.4, -0.2) is 44.9 Å². The second kappa shape index (κ2) is 7.21. The molecular formula is C17H25N3O3S. The highest BCUT2D eigenvalue weighted by molar-refractivity contribution is 7.89. The number of carbonyl (C=O) groups is 1. The van der Waals surface area contributed by atoms with Crippen molar-refractivity contribution in [1.29, 1.82) is 0 Å². The maximum atomic E-state index is 12.6. The molecule has 1 amide bonds. The lowest BCUT2D eigenvalue weighted by Gasteiger charge is -2.31. The van der Waals surface area contributed by atoms with Crippen LogP contribution >= 0.6 is 0 Å². The van der Waals surface area contributed by atoms with Gasteiger partial charge in [0, 0.05) is 19.1 Å². The summed E-state index contributed by atoms with van der Waals surface area (Å²) in [6.07, 6.45) is 5.70. The Hall–Kier alpha value is -1.44. The monoisotopic (exact) mass is 351 g/mol. The van der Waals surface area contributed by atoms with E-state index in [1.165, 1.54) is 17.5 Å². The lowest BCUT2D eigenvalue weighted by atomic mass is 9.92. The van der Waals surface area contributed by atoms with E-state index in [0.717, 1.165) is 19.3 Å². The third-order valence-electron chi connectivity index (χ3n) is 4.92. The van der Waals surface area contributed by atoms with Crippen molar-refractivity contribution in [1.82, 2.24) is 9.62 Å². The average molecular weight is 351 g/mol. The fourth-order valence-corrected chi connectivity index (χ4v) is 4.95. The van der Waals surface area contributed by atoms with E-state index in [2.05, 4.69) is 4.72 Å². The molecule has 0 spiro atoms. The Bertz CT molecular complexity index is 710. The van der Waals surface area contributed by atoms with Gasteiger partial charge in [-0.15, -0.1) is 0 Å². The summed E-state index contributed by atoms with van der Waals surface area (Å²) in [7, 11) is -3.49. The molecule has 0 bridgehead atoms. The Labute approximate surface area is 143 Å². The fourth-order valence-electron chi connectivity index (χ4n) is 3.59. The van der Waals surface area contributed by atoms with Crippen molar-refractivity contribution in [3.63, 3.8) is 0 Å². The number of fused-ring (bicyclic) bond motifs is 1.